The minimum Gasteiger partial charge on any atom is -0.352 e. The van der Waals surface area contributed by atoms with Gasteiger partial charge < -0.3 is 10.6 Å². The molecule has 0 fully saturated rings. The Hall–Kier alpha value is -3.23. The fourth-order valence-electron chi connectivity index (χ4n) is 2.12. The predicted molar refractivity (Wildman–Crippen MR) is 100 cm³/mol. The molecule has 27 heavy (non-hydrogen) atoms. The van der Waals surface area contributed by atoms with E-state index in [4.69, 9.17) is 0 Å². The van der Waals surface area contributed by atoms with Gasteiger partial charge in [0, 0.05) is 11.7 Å². The largest absolute Gasteiger partial charge is 0.352 e. The van der Waals surface area contributed by atoms with Gasteiger partial charge in [0.2, 0.25) is 11.9 Å². The van der Waals surface area contributed by atoms with E-state index in [0.29, 0.717) is 5.70 Å². The van der Waals surface area contributed by atoms with E-state index < -0.39 is 17.5 Å². The van der Waals surface area contributed by atoms with Crippen LogP contribution >= 0.6 is 0 Å². The molecule has 2 aromatic rings. The molecule has 0 spiro atoms. The topological polar surface area (TPSA) is 75.1 Å². The van der Waals surface area contributed by atoms with Gasteiger partial charge in [-0.1, -0.05) is 6.07 Å². The molecule has 9 heteroatoms. The highest BCUT2D eigenvalue weighted by molar-refractivity contribution is 5.60. The van der Waals surface area contributed by atoms with Gasteiger partial charge >= 0.3 is 0 Å². The van der Waals surface area contributed by atoms with E-state index in [0.717, 1.165) is 24.4 Å². The van der Waals surface area contributed by atoms with Crippen molar-refractivity contribution < 1.29 is 13.2 Å². The number of hydrogen-bond donors (Lipinski definition) is 2. The molecule has 0 radical (unpaired) electrons. The van der Waals surface area contributed by atoms with Crippen LogP contribution in [-0.2, 0) is 0 Å². The van der Waals surface area contributed by atoms with Crippen LogP contribution in [0.5, 0.6) is 0 Å². The molecule has 0 atom stereocenters. The lowest BCUT2D eigenvalue weighted by molar-refractivity contribution is 0.587. The first-order valence-corrected chi connectivity index (χ1v) is 8.04. The van der Waals surface area contributed by atoms with Crippen LogP contribution in [0.25, 0.3) is 11.4 Å². The van der Waals surface area contributed by atoms with Gasteiger partial charge in [-0.2, -0.15) is 15.0 Å². The van der Waals surface area contributed by atoms with Gasteiger partial charge in [0.1, 0.15) is 17.5 Å². The van der Waals surface area contributed by atoms with Crippen molar-refractivity contribution in [2.45, 2.75) is 26.8 Å². The predicted octanol–water partition coefficient (Wildman–Crippen LogP) is 4.46. The third-order valence-corrected chi connectivity index (χ3v) is 3.12. The lowest BCUT2D eigenvalue weighted by Gasteiger charge is -2.13. The summed E-state index contributed by atoms with van der Waals surface area (Å²) in [7, 11) is 0. The minimum absolute atomic E-state index is 0.00100. The summed E-state index contributed by atoms with van der Waals surface area (Å²) >= 11 is 0. The van der Waals surface area contributed by atoms with E-state index >= 15 is 0 Å². The summed E-state index contributed by atoms with van der Waals surface area (Å²) in [6.45, 7) is 8.44. The standard InChI is InChI=1S/C18H19F3N6/c1-10(2)23-17-25-16(15-13(20)6-5-7-14(15)21)26-18(27-17)24-11(3)8-12(19)9-22-4/h5-10H,4H2,1-3H3,(H2,23,24,25,26,27)/b11-8+,12-9+. The van der Waals surface area contributed by atoms with Crippen LogP contribution in [0.4, 0.5) is 25.1 Å². The third kappa shape index (κ3) is 5.63. The Bertz CT molecular complexity index is 872. The second-order valence-corrected chi connectivity index (χ2v) is 5.85. The summed E-state index contributed by atoms with van der Waals surface area (Å²) in [5, 5.41) is 5.72. The average Bonchev–Trinajstić information content (AvgIpc) is 2.53. The monoisotopic (exact) mass is 376 g/mol. The Morgan fingerprint density at radius 3 is 2.37 bits per heavy atom. The van der Waals surface area contributed by atoms with Crippen LogP contribution in [0, 0.1) is 11.6 Å². The number of anilines is 2. The van der Waals surface area contributed by atoms with Crippen molar-refractivity contribution in [3.05, 3.63) is 53.6 Å². The van der Waals surface area contributed by atoms with Crippen molar-refractivity contribution in [3.8, 4) is 11.4 Å². The van der Waals surface area contributed by atoms with Crippen molar-refractivity contribution in [3.63, 3.8) is 0 Å². The highest BCUT2D eigenvalue weighted by Gasteiger charge is 2.17. The molecule has 0 aliphatic carbocycles. The van der Waals surface area contributed by atoms with Gasteiger partial charge in [-0.05, 0) is 45.7 Å². The molecule has 2 N–H and O–H groups in total. The SMILES string of the molecule is C=N/C=C(F)\C=C(/C)Nc1nc(NC(C)C)nc(-c2c(F)cccc2F)n1. The lowest BCUT2D eigenvalue weighted by atomic mass is 10.2. The number of halogens is 3. The number of benzene rings is 1. The van der Waals surface area contributed by atoms with Crippen molar-refractivity contribution >= 4 is 18.6 Å². The van der Waals surface area contributed by atoms with E-state index in [9.17, 15) is 13.2 Å². The maximum absolute atomic E-state index is 14.1. The molecule has 2 rings (SSSR count). The lowest BCUT2D eigenvalue weighted by Crippen LogP contribution is -2.15. The molecule has 0 aliphatic heterocycles. The number of hydrogen-bond acceptors (Lipinski definition) is 6. The highest BCUT2D eigenvalue weighted by Crippen LogP contribution is 2.25. The number of aromatic nitrogens is 3. The molecule has 6 nitrogen and oxygen atoms in total. The van der Waals surface area contributed by atoms with Crippen molar-refractivity contribution in [1.82, 2.24) is 15.0 Å². The summed E-state index contributed by atoms with van der Waals surface area (Å²) < 4.78 is 41.7. The Labute approximate surface area is 155 Å². The first-order valence-electron chi connectivity index (χ1n) is 8.04. The van der Waals surface area contributed by atoms with Crippen molar-refractivity contribution in [2.75, 3.05) is 10.6 Å². The molecule has 0 saturated carbocycles. The van der Waals surface area contributed by atoms with E-state index in [1.165, 1.54) is 6.07 Å². The normalized spacial score (nSPS) is 12.3. The number of aliphatic imine (C=N–C) groups is 1. The molecule has 0 unspecified atom stereocenters. The fourth-order valence-corrected chi connectivity index (χ4v) is 2.12. The Morgan fingerprint density at radius 2 is 1.78 bits per heavy atom. The molecular weight excluding hydrogens is 357 g/mol. The summed E-state index contributed by atoms with van der Waals surface area (Å²) in [6.07, 6.45) is 2.09. The average molecular weight is 376 g/mol. The molecule has 0 saturated heterocycles. The zero-order valence-electron chi connectivity index (χ0n) is 15.1. The molecule has 1 aromatic carbocycles. The first-order chi connectivity index (χ1) is 12.8. The Morgan fingerprint density at radius 1 is 1.15 bits per heavy atom. The first kappa shape index (κ1) is 20.1. The van der Waals surface area contributed by atoms with Gasteiger partial charge in [-0.25, -0.2) is 13.2 Å². The second kappa shape index (κ2) is 8.93. The van der Waals surface area contributed by atoms with Crippen LogP contribution in [-0.4, -0.2) is 27.7 Å². The summed E-state index contributed by atoms with van der Waals surface area (Å²) in [5.41, 5.74) is -0.0348. The quantitative estimate of drug-likeness (QED) is 0.551. The van der Waals surface area contributed by atoms with Gasteiger partial charge in [-0.3, -0.25) is 4.99 Å². The smallest absolute Gasteiger partial charge is 0.232 e. The summed E-state index contributed by atoms with van der Waals surface area (Å²) in [6, 6.07) is 3.43. The van der Waals surface area contributed by atoms with Crippen LogP contribution in [0.15, 0.2) is 47.0 Å². The van der Waals surface area contributed by atoms with E-state index in [-0.39, 0.29) is 29.3 Å². The van der Waals surface area contributed by atoms with Crippen LogP contribution in [0.2, 0.25) is 0 Å². The third-order valence-electron chi connectivity index (χ3n) is 3.12. The zero-order valence-corrected chi connectivity index (χ0v) is 15.1. The van der Waals surface area contributed by atoms with Crippen LogP contribution < -0.4 is 10.6 Å². The van der Waals surface area contributed by atoms with Gasteiger partial charge in [-0.15, -0.1) is 0 Å². The molecule has 1 heterocycles. The van der Waals surface area contributed by atoms with E-state index in [2.05, 4.69) is 37.3 Å². The second-order valence-electron chi connectivity index (χ2n) is 5.85. The molecular formula is C18H19F3N6. The molecule has 1 aromatic heterocycles. The number of nitrogens with zero attached hydrogens (tertiary/aromatic N) is 4. The maximum Gasteiger partial charge on any atom is 0.232 e. The zero-order chi connectivity index (χ0) is 20.0. The van der Waals surface area contributed by atoms with E-state index in [1.54, 1.807) is 6.92 Å². The molecule has 142 valence electrons. The van der Waals surface area contributed by atoms with Gasteiger partial charge in [0.25, 0.3) is 0 Å². The van der Waals surface area contributed by atoms with Crippen LogP contribution in [0.1, 0.15) is 20.8 Å². The Kier molecular flexibility index (Phi) is 6.64. The van der Waals surface area contributed by atoms with Crippen LogP contribution in [0.3, 0.4) is 0 Å². The summed E-state index contributed by atoms with van der Waals surface area (Å²) in [4.78, 5) is 15.6. The number of nitrogens with one attached hydrogen (secondary N) is 2. The minimum atomic E-state index is -0.805. The van der Waals surface area contributed by atoms with Gasteiger partial charge in [0.05, 0.1) is 11.8 Å². The molecule has 0 aliphatic rings. The number of rotatable bonds is 7. The van der Waals surface area contributed by atoms with Crippen molar-refractivity contribution in [2.24, 2.45) is 4.99 Å². The van der Waals surface area contributed by atoms with Gasteiger partial charge in [0.15, 0.2) is 5.82 Å². The molecule has 0 bridgehead atoms. The maximum atomic E-state index is 14.1. The summed E-state index contributed by atoms with van der Waals surface area (Å²) in [5.74, 6) is -2.31. The molecule has 0 amide bonds. The van der Waals surface area contributed by atoms with E-state index in [1.807, 2.05) is 13.8 Å². The van der Waals surface area contributed by atoms with Crippen molar-refractivity contribution in [1.29, 1.82) is 0 Å². The number of allylic oxidation sites excluding steroid dienone is 3. The Balaban J connectivity index is 2.49. The highest BCUT2D eigenvalue weighted by atomic mass is 19.1. The fraction of sp³-hybridized carbons (Fsp3) is 0.222.